The molecule has 0 saturated carbocycles. The Hall–Kier alpha value is -0.510. The number of halogens is 1. The molecule has 0 aliphatic heterocycles. The summed E-state index contributed by atoms with van der Waals surface area (Å²) in [4.78, 5) is 2.21. The summed E-state index contributed by atoms with van der Waals surface area (Å²) in [7, 11) is 0. The van der Waals surface area contributed by atoms with Crippen molar-refractivity contribution in [3.05, 3.63) is 33.6 Å². The average molecular weight is 273 g/mol. The Bertz CT molecular complexity index is 403. The molecule has 1 aromatic heterocycles. The minimum atomic E-state index is 0.0846. The van der Waals surface area contributed by atoms with Crippen LogP contribution in [-0.2, 0) is 0 Å². The van der Waals surface area contributed by atoms with Crippen molar-refractivity contribution in [3.8, 4) is 0 Å². The predicted molar refractivity (Wildman–Crippen MR) is 45.6 cm³/mol. The zero-order chi connectivity index (χ0) is 8.55. The van der Waals surface area contributed by atoms with Gasteiger partial charge in [0.05, 0.1) is 0 Å². The maximum atomic E-state index is 5.62. The third kappa shape index (κ3) is 1.35. The van der Waals surface area contributed by atoms with E-state index in [2.05, 4.69) is 30.1 Å². The van der Waals surface area contributed by atoms with Crippen LogP contribution in [0.15, 0.2) is 28.7 Å². The number of alkyl halides is 1. The molecule has 0 N–H and O–H groups in total. The van der Waals surface area contributed by atoms with Gasteiger partial charge in [-0.05, 0) is 0 Å². The van der Waals surface area contributed by atoms with Crippen LogP contribution in [0.4, 0.5) is 0 Å². The summed E-state index contributed by atoms with van der Waals surface area (Å²) in [6, 6.07) is 8.47. The van der Waals surface area contributed by atoms with E-state index in [1.165, 1.54) is 14.7 Å². The van der Waals surface area contributed by atoms with Crippen molar-refractivity contribution in [2.75, 3.05) is 4.93 Å². The van der Waals surface area contributed by atoms with Crippen LogP contribution in [0, 0.1) is 10.7 Å². The molecule has 0 saturated heterocycles. The Kier molecular flexibility index (Phi) is 2.09. The van der Waals surface area contributed by atoms with E-state index in [4.69, 9.17) is 4.42 Å². The van der Waals surface area contributed by atoms with Gasteiger partial charge in [0.2, 0.25) is 0 Å². The molecule has 0 spiro atoms. The first kappa shape index (κ1) is 8.10. The molecule has 2 heteroatoms. The van der Waals surface area contributed by atoms with E-state index in [1.54, 1.807) is 0 Å². The molecule has 64 valence electrons. The summed E-state index contributed by atoms with van der Waals surface area (Å²) in [5.74, 6) is 0. The predicted octanol–water partition coefficient (Wildman–Crippen LogP) is -0.370. The molecule has 0 amide bonds. The van der Waals surface area contributed by atoms with Gasteiger partial charge in [-0.25, -0.2) is 0 Å². The molecule has 1 nitrogen and oxygen atoms in total. The first-order valence-electron chi connectivity index (χ1n) is 3.79. The van der Waals surface area contributed by atoms with Crippen molar-refractivity contribution in [1.29, 1.82) is 0 Å². The molecule has 0 atom stereocenters. The van der Waals surface area contributed by atoms with Crippen molar-refractivity contribution in [2.24, 2.45) is 0 Å². The van der Waals surface area contributed by atoms with Gasteiger partial charge in [-0.3, -0.25) is 0 Å². The quantitative estimate of drug-likeness (QED) is 0.510. The van der Waals surface area contributed by atoms with Crippen molar-refractivity contribution in [2.45, 2.75) is 6.92 Å². The van der Waals surface area contributed by atoms with Crippen molar-refractivity contribution >= 4 is 11.0 Å². The van der Waals surface area contributed by atoms with Gasteiger partial charge < -0.3 is 0 Å². The van der Waals surface area contributed by atoms with Crippen molar-refractivity contribution in [3.63, 3.8) is 0 Å². The van der Waals surface area contributed by atoms with E-state index in [1.807, 2.05) is 6.07 Å². The molecule has 0 aliphatic carbocycles. The first-order chi connectivity index (χ1) is 5.79. The Morgan fingerprint density at radius 3 is 2.83 bits per heavy atom. The van der Waals surface area contributed by atoms with Gasteiger partial charge in [-0.2, -0.15) is 0 Å². The molecule has 1 heterocycles. The van der Waals surface area contributed by atoms with Crippen LogP contribution in [0.5, 0.6) is 0 Å². The van der Waals surface area contributed by atoms with Gasteiger partial charge in [0.15, 0.2) is 0 Å². The molecule has 0 radical (unpaired) electrons. The van der Waals surface area contributed by atoms with Gasteiger partial charge in [0.25, 0.3) is 0 Å². The van der Waals surface area contributed by atoms with Crippen LogP contribution in [0.2, 0.25) is 0 Å². The monoisotopic (exact) mass is 273 g/mol. The Morgan fingerprint density at radius 2 is 2.08 bits per heavy atom. The van der Waals surface area contributed by atoms with Gasteiger partial charge >= 0.3 is 82.0 Å². The summed E-state index contributed by atoms with van der Waals surface area (Å²) in [6.07, 6.45) is 0. The maximum absolute atomic E-state index is 5.62. The van der Waals surface area contributed by atoms with Gasteiger partial charge in [0, 0.05) is 0 Å². The van der Waals surface area contributed by atoms with Gasteiger partial charge in [-0.15, -0.1) is 0 Å². The molecule has 12 heavy (non-hydrogen) atoms. The third-order valence-electron chi connectivity index (χ3n) is 1.83. The zero-order valence-electron chi connectivity index (χ0n) is 7.10. The molecule has 2 aromatic rings. The molecule has 0 bridgehead atoms. The molecular formula is C10H10IO-. The average Bonchev–Trinajstić information content (AvgIpc) is 2.46. The van der Waals surface area contributed by atoms with Crippen LogP contribution in [-0.4, -0.2) is 4.93 Å². The van der Waals surface area contributed by atoms with E-state index in [0.717, 1.165) is 5.58 Å². The van der Waals surface area contributed by atoms with E-state index >= 15 is 0 Å². The molecular weight excluding hydrogens is 263 g/mol. The van der Waals surface area contributed by atoms with Crippen LogP contribution in [0.3, 0.4) is 0 Å². The summed E-state index contributed by atoms with van der Waals surface area (Å²) in [6.45, 7) is 2.10. The zero-order valence-corrected chi connectivity index (χ0v) is 9.25. The number of hydrogen-bond acceptors (Lipinski definition) is 1. The van der Waals surface area contributed by atoms with E-state index in [9.17, 15) is 0 Å². The standard InChI is InChI=1S/C10H10IO/c1-7-3-4-9-8(5-7)6-10(11-2)12-9/h3-6H,1-2H3/q-1. The molecule has 0 unspecified atom stereocenters. The summed E-state index contributed by atoms with van der Waals surface area (Å²) < 4.78 is 6.80. The first-order valence-corrected chi connectivity index (χ1v) is 7.03. The Labute approximate surface area is 82.0 Å². The summed E-state index contributed by atoms with van der Waals surface area (Å²) >= 11 is 0.0846. The fraction of sp³-hybridized carbons (Fsp3) is 0.200. The Balaban J connectivity index is 2.67. The Morgan fingerprint density at radius 1 is 1.25 bits per heavy atom. The van der Waals surface area contributed by atoms with Crippen LogP contribution in [0.1, 0.15) is 5.56 Å². The second-order valence-electron chi connectivity index (χ2n) is 2.78. The van der Waals surface area contributed by atoms with E-state index in [-0.39, 0.29) is 21.2 Å². The SMILES string of the molecule is C[I-]c1cc2cc(C)ccc2o1. The topological polar surface area (TPSA) is 13.1 Å². The van der Waals surface area contributed by atoms with E-state index in [0.29, 0.717) is 0 Å². The normalized spacial score (nSPS) is 11.2. The fourth-order valence-corrected chi connectivity index (χ4v) is 2.33. The number of hydrogen-bond donors (Lipinski definition) is 0. The fourth-order valence-electron chi connectivity index (χ4n) is 1.22. The molecule has 0 fully saturated rings. The molecule has 0 aliphatic rings. The second-order valence-corrected chi connectivity index (χ2v) is 4.92. The van der Waals surface area contributed by atoms with Gasteiger partial charge in [0.1, 0.15) is 0 Å². The van der Waals surface area contributed by atoms with Gasteiger partial charge in [-0.1, -0.05) is 0 Å². The van der Waals surface area contributed by atoms with Crippen LogP contribution < -0.4 is 21.2 Å². The van der Waals surface area contributed by atoms with Crippen LogP contribution >= 0.6 is 0 Å². The number of fused-ring (bicyclic) bond motifs is 1. The minimum absolute atomic E-state index is 0.0846. The van der Waals surface area contributed by atoms with Crippen molar-refractivity contribution in [1.82, 2.24) is 0 Å². The number of rotatable bonds is 1. The van der Waals surface area contributed by atoms with E-state index < -0.39 is 0 Å². The second kappa shape index (κ2) is 3.09. The van der Waals surface area contributed by atoms with Crippen molar-refractivity contribution < 1.29 is 25.6 Å². The number of furan rings is 1. The number of aryl methyl sites for hydroxylation is 1. The summed E-state index contributed by atoms with van der Waals surface area (Å²) in [5, 5.41) is 1.24. The molecule has 1 aromatic carbocycles. The van der Waals surface area contributed by atoms with Crippen LogP contribution in [0.25, 0.3) is 11.0 Å². The third-order valence-corrected chi connectivity index (χ3v) is 3.42. The molecule has 2 rings (SSSR count). The summed E-state index contributed by atoms with van der Waals surface area (Å²) in [5.41, 5.74) is 2.32. The number of benzene rings is 1.